The van der Waals surface area contributed by atoms with Crippen molar-refractivity contribution in [2.45, 2.75) is 39.8 Å². The maximum Gasteiger partial charge on any atom is 0.311 e. The van der Waals surface area contributed by atoms with Crippen LogP contribution in [0, 0.1) is 17.0 Å². The van der Waals surface area contributed by atoms with E-state index < -0.39 is 11.0 Å². The normalized spacial score (nSPS) is 11.4. The third-order valence-electron chi connectivity index (χ3n) is 4.90. The van der Waals surface area contributed by atoms with Crippen LogP contribution in [-0.4, -0.2) is 47.9 Å². The number of benzene rings is 2. The van der Waals surface area contributed by atoms with Gasteiger partial charge in [-0.1, -0.05) is 36.8 Å². The van der Waals surface area contributed by atoms with E-state index in [1.807, 2.05) is 38.1 Å². The first-order valence-electron chi connectivity index (χ1n) is 10.3. The Balaban J connectivity index is 2.16. The second-order valence-electron chi connectivity index (χ2n) is 7.35. The van der Waals surface area contributed by atoms with E-state index in [2.05, 4.69) is 5.32 Å². The van der Waals surface area contributed by atoms with E-state index in [-0.39, 0.29) is 42.2 Å². The smallest absolute Gasteiger partial charge is 0.311 e. The lowest BCUT2D eigenvalue weighted by Gasteiger charge is -2.28. The lowest BCUT2D eigenvalue weighted by Crippen LogP contribution is -2.49. The molecular formula is C23H29N3O6. The van der Waals surface area contributed by atoms with Gasteiger partial charge in [0.1, 0.15) is 11.8 Å². The number of nitro benzene ring substituents is 1. The average Bonchev–Trinajstić information content (AvgIpc) is 2.79. The number of hydrogen-bond donors (Lipinski definition) is 1. The molecule has 0 aromatic heterocycles. The van der Waals surface area contributed by atoms with E-state index in [1.54, 1.807) is 6.92 Å². The number of methoxy groups -OCH3 is 1. The van der Waals surface area contributed by atoms with Crippen LogP contribution in [0.5, 0.6) is 11.5 Å². The molecule has 0 saturated carbocycles. The van der Waals surface area contributed by atoms with Gasteiger partial charge < -0.3 is 19.7 Å². The van der Waals surface area contributed by atoms with Gasteiger partial charge in [-0.15, -0.1) is 0 Å². The molecule has 0 heterocycles. The number of amides is 2. The molecule has 0 aliphatic heterocycles. The molecule has 1 atom stereocenters. The summed E-state index contributed by atoms with van der Waals surface area (Å²) in [4.78, 5) is 37.5. The number of ether oxygens (including phenoxy) is 2. The van der Waals surface area contributed by atoms with Gasteiger partial charge in [0.2, 0.25) is 11.7 Å². The van der Waals surface area contributed by atoms with Crippen molar-refractivity contribution in [3.05, 3.63) is 63.7 Å². The molecule has 0 radical (unpaired) electrons. The van der Waals surface area contributed by atoms with Gasteiger partial charge in [0.05, 0.1) is 12.0 Å². The molecule has 9 heteroatoms. The van der Waals surface area contributed by atoms with Crippen LogP contribution in [0.25, 0.3) is 0 Å². The number of nitrogens with zero attached hydrogens (tertiary/aromatic N) is 2. The lowest BCUT2D eigenvalue weighted by atomic mass is 10.1. The van der Waals surface area contributed by atoms with Crippen LogP contribution in [0.3, 0.4) is 0 Å². The van der Waals surface area contributed by atoms with E-state index in [9.17, 15) is 19.7 Å². The predicted octanol–water partition coefficient (Wildman–Crippen LogP) is 3.23. The first-order chi connectivity index (χ1) is 15.3. The Kier molecular flexibility index (Phi) is 9.00. The highest BCUT2D eigenvalue weighted by Gasteiger charge is 2.26. The summed E-state index contributed by atoms with van der Waals surface area (Å²) in [6, 6.07) is 11.0. The van der Waals surface area contributed by atoms with E-state index in [1.165, 1.54) is 30.2 Å². The number of hydrogen-bond acceptors (Lipinski definition) is 6. The molecule has 0 fully saturated rings. The van der Waals surface area contributed by atoms with Crippen molar-refractivity contribution in [3.63, 3.8) is 0 Å². The van der Waals surface area contributed by atoms with Crippen LogP contribution >= 0.6 is 0 Å². The number of nitrogens with one attached hydrogen (secondary N) is 1. The van der Waals surface area contributed by atoms with Crippen molar-refractivity contribution in [1.29, 1.82) is 0 Å². The van der Waals surface area contributed by atoms with Crippen LogP contribution in [0.15, 0.2) is 42.5 Å². The minimum atomic E-state index is -0.703. The zero-order chi connectivity index (χ0) is 23.7. The van der Waals surface area contributed by atoms with Crippen LogP contribution in [0.1, 0.15) is 31.4 Å². The lowest BCUT2D eigenvalue weighted by molar-refractivity contribution is -0.385. The molecule has 2 aromatic carbocycles. The van der Waals surface area contributed by atoms with Crippen molar-refractivity contribution < 1.29 is 24.0 Å². The van der Waals surface area contributed by atoms with Gasteiger partial charge >= 0.3 is 5.69 Å². The van der Waals surface area contributed by atoms with Gasteiger partial charge in [-0.05, 0) is 31.9 Å². The van der Waals surface area contributed by atoms with Gasteiger partial charge in [-0.25, -0.2) is 0 Å². The largest absolute Gasteiger partial charge is 0.490 e. The van der Waals surface area contributed by atoms with Gasteiger partial charge in [0.15, 0.2) is 6.61 Å². The summed E-state index contributed by atoms with van der Waals surface area (Å²) < 4.78 is 10.6. The number of nitro groups is 1. The van der Waals surface area contributed by atoms with E-state index in [0.29, 0.717) is 6.54 Å². The Labute approximate surface area is 187 Å². The Bertz CT molecular complexity index is 945. The molecule has 0 aliphatic rings. The summed E-state index contributed by atoms with van der Waals surface area (Å²) in [5.41, 5.74) is 1.78. The van der Waals surface area contributed by atoms with Gasteiger partial charge in [0.25, 0.3) is 5.91 Å². The third kappa shape index (κ3) is 6.69. The number of carbonyl (C=O) groups is 2. The van der Waals surface area contributed by atoms with Crippen LogP contribution in [0.4, 0.5) is 5.69 Å². The van der Waals surface area contributed by atoms with Crippen molar-refractivity contribution in [3.8, 4) is 11.5 Å². The number of aryl methyl sites for hydroxylation is 1. The topological polar surface area (TPSA) is 111 Å². The first kappa shape index (κ1) is 24.6. The number of carbonyl (C=O) groups excluding carboxylic acids is 2. The summed E-state index contributed by atoms with van der Waals surface area (Å²) in [5, 5.41) is 13.9. The van der Waals surface area contributed by atoms with Crippen LogP contribution in [0.2, 0.25) is 0 Å². The van der Waals surface area contributed by atoms with E-state index in [4.69, 9.17) is 9.47 Å². The molecule has 1 unspecified atom stereocenters. The Morgan fingerprint density at radius 1 is 1.19 bits per heavy atom. The molecule has 0 aliphatic carbocycles. The van der Waals surface area contributed by atoms with Gasteiger partial charge in [0, 0.05) is 25.2 Å². The summed E-state index contributed by atoms with van der Waals surface area (Å²) >= 11 is 0. The van der Waals surface area contributed by atoms with Crippen molar-refractivity contribution in [1.82, 2.24) is 10.2 Å². The average molecular weight is 444 g/mol. The van der Waals surface area contributed by atoms with Crippen LogP contribution in [-0.2, 0) is 16.1 Å². The standard InChI is InChI=1S/C23H29N3O6/c1-5-12-24-23(28)17(3)25(14-18-8-6-16(2)7-9-18)22(27)15-32-19-10-11-20(26(29)30)21(13-19)31-4/h6-11,13,17H,5,12,14-15H2,1-4H3,(H,24,28). The maximum atomic E-state index is 13.0. The zero-order valence-electron chi connectivity index (χ0n) is 18.8. The molecular weight excluding hydrogens is 414 g/mol. The Morgan fingerprint density at radius 2 is 1.88 bits per heavy atom. The maximum absolute atomic E-state index is 13.0. The summed E-state index contributed by atoms with van der Waals surface area (Å²) in [7, 11) is 1.32. The first-order valence-corrected chi connectivity index (χ1v) is 10.3. The fourth-order valence-corrected chi connectivity index (χ4v) is 3.00. The molecule has 9 nitrogen and oxygen atoms in total. The minimum Gasteiger partial charge on any atom is -0.490 e. The van der Waals surface area contributed by atoms with Crippen molar-refractivity contribution in [2.24, 2.45) is 0 Å². The Morgan fingerprint density at radius 3 is 2.47 bits per heavy atom. The van der Waals surface area contributed by atoms with Crippen LogP contribution < -0.4 is 14.8 Å². The molecule has 2 rings (SSSR count). The summed E-state index contributed by atoms with van der Waals surface area (Å²) in [6.07, 6.45) is 0.787. The second kappa shape index (κ2) is 11.7. The molecule has 1 N–H and O–H groups in total. The van der Waals surface area contributed by atoms with Crippen molar-refractivity contribution >= 4 is 17.5 Å². The van der Waals surface area contributed by atoms with Crippen molar-refractivity contribution in [2.75, 3.05) is 20.3 Å². The Hall–Kier alpha value is -3.62. The fourth-order valence-electron chi connectivity index (χ4n) is 3.00. The van der Waals surface area contributed by atoms with E-state index in [0.717, 1.165) is 17.5 Å². The molecule has 0 bridgehead atoms. The molecule has 172 valence electrons. The third-order valence-corrected chi connectivity index (χ3v) is 4.90. The minimum absolute atomic E-state index is 0.0313. The highest BCUT2D eigenvalue weighted by molar-refractivity contribution is 5.88. The molecule has 2 aromatic rings. The van der Waals surface area contributed by atoms with E-state index >= 15 is 0 Å². The molecule has 0 spiro atoms. The SMILES string of the molecule is CCCNC(=O)C(C)N(Cc1ccc(C)cc1)C(=O)COc1ccc([N+](=O)[O-])c(OC)c1. The predicted molar refractivity (Wildman–Crippen MR) is 120 cm³/mol. The highest BCUT2D eigenvalue weighted by Crippen LogP contribution is 2.30. The summed E-state index contributed by atoms with van der Waals surface area (Å²) in [5.74, 6) is -0.352. The summed E-state index contributed by atoms with van der Waals surface area (Å²) in [6.45, 7) is 6.03. The number of rotatable bonds is 11. The second-order valence-corrected chi connectivity index (χ2v) is 7.35. The van der Waals surface area contributed by atoms with Gasteiger partial charge in [-0.2, -0.15) is 0 Å². The quantitative estimate of drug-likeness (QED) is 0.422. The fraction of sp³-hybridized carbons (Fsp3) is 0.391. The molecule has 32 heavy (non-hydrogen) atoms. The zero-order valence-corrected chi connectivity index (χ0v) is 18.8. The van der Waals surface area contributed by atoms with Gasteiger partial charge in [-0.3, -0.25) is 19.7 Å². The highest BCUT2D eigenvalue weighted by atomic mass is 16.6. The monoisotopic (exact) mass is 443 g/mol. The molecule has 2 amide bonds. The molecule has 0 saturated heterocycles.